The van der Waals surface area contributed by atoms with Gasteiger partial charge in [-0.3, -0.25) is 0 Å². The molecule has 1 heterocycles. The second-order valence-electron chi connectivity index (χ2n) is 5.04. The monoisotopic (exact) mass is 370 g/mol. The number of benzene rings is 2. The van der Waals surface area contributed by atoms with Crippen LogP contribution in [-0.2, 0) is 0 Å². The third-order valence-electron chi connectivity index (χ3n) is 3.42. The number of nitrogens with zero attached hydrogens (tertiary/aromatic N) is 3. The molecule has 0 amide bonds. The first kappa shape index (κ1) is 17.1. The molecule has 1 aromatic heterocycles. The molecule has 126 valence electrons. The van der Waals surface area contributed by atoms with Gasteiger partial charge in [0.1, 0.15) is 5.75 Å². The lowest BCUT2D eigenvalue weighted by molar-refractivity contribution is 0.414. The average Bonchev–Trinajstić information content (AvgIpc) is 3.00. The van der Waals surface area contributed by atoms with Crippen LogP contribution in [0.3, 0.4) is 0 Å². The predicted octanol–water partition coefficient (Wildman–Crippen LogP) is 4.82. The number of aromatic nitrogens is 3. The minimum atomic E-state index is 0.400. The highest BCUT2D eigenvalue weighted by Crippen LogP contribution is 2.21. The van der Waals surface area contributed by atoms with Crippen LogP contribution in [0, 0.1) is 4.77 Å². The fraction of sp³-hybridized carbons (Fsp3) is 0.0556. The van der Waals surface area contributed by atoms with Gasteiger partial charge >= 0.3 is 0 Å². The second-order valence-corrected chi connectivity index (χ2v) is 5.86. The maximum atomic E-state index is 6.04. The summed E-state index contributed by atoms with van der Waals surface area (Å²) in [5.74, 6) is 1.39. The Kier molecular flexibility index (Phi) is 5.42. The molecule has 3 aromatic rings. The Balaban J connectivity index is 1.86. The van der Waals surface area contributed by atoms with Gasteiger partial charge in [-0.1, -0.05) is 41.9 Å². The van der Waals surface area contributed by atoms with Crippen LogP contribution in [-0.4, -0.2) is 28.2 Å². The van der Waals surface area contributed by atoms with Gasteiger partial charge in [-0.15, -0.1) is 0 Å². The summed E-state index contributed by atoms with van der Waals surface area (Å²) in [5, 5.41) is 12.0. The molecule has 0 unspecified atom stereocenters. The number of H-pyrrole nitrogens is 1. The van der Waals surface area contributed by atoms with Crippen LogP contribution >= 0.6 is 23.8 Å². The Morgan fingerprint density at radius 2 is 2.08 bits per heavy atom. The highest BCUT2D eigenvalue weighted by Gasteiger charge is 2.08. The molecule has 3 rings (SSSR count). The molecule has 0 atom stereocenters. The average molecular weight is 371 g/mol. The zero-order valence-corrected chi connectivity index (χ0v) is 15.0. The number of hydrogen-bond donors (Lipinski definition) is 1. The lowest BCUT2D eigenvalue weighted by Gasteiger charge is -2.02. The number of methoxy groups -OCH3 is 1. The smallest absolute Gasteiger partial charge is 0.216 e. The largest absolute Gasteiger partial charge is 0.496 e. The summed E-state index contributed by atoms with van der Waals surface area (Å²) < 4.78 is 7.26. The zero-order valence-electron chi connectivity index (χ0n) is 13.4. The van der Waals surface area contributed by atoms with E-state index in [9.17, 15) is 0 Å². The molecular formula is C18H15ClN4OS. The van der Waals surface area contributed by atoms with Gasteiger partial charge in [-0.2, -0.15) is 14.9 Å². The summed E-state index contributed by atoms with van der Waals surface area (Å²) in [5.41, 5.74) is 1.79. The third kappa shape index (κ3) is 4.04. The van der Waals surface area contributed by atoms with Crippen molar-refractivity contribution in [2.75, 3.05) is 7.11 Å². The molecule has 5 nitrogen and oxygen atoms in total. The molecule has 0 aliphatic rings. The van der Waals surface area contributed by atoms with Crippen molar-refractivity contribution >= 4 is 36.1 Å². The van der Waals surface area contributed by atoms with Crippen LogP contribution in [0.1, 0.15) is 5.56 Å². The number of para-hydroxylation sites is 1. The normalized spacial score (nSPS) is 11.4. The molecule has 0 fully saturated rings. The van der Waals surface area contributed by atoms with Gasteiger partial charge in [0.15, 0.2) is 5.82 Å². The van der Waals surface area contributed by atoms with E-state index in [1.807, 2.05) is 54.6 Å². The summed E-state index contributed by atoms with van der Waals surface area (Å²) in [6.07, 6.45) is 5.37. The number of nitrogens with one attached hydrogen (secondary N) is 1. The second kappa shape index (κ2) is 7.92. The summed E-state index contributed by atoms with van der Waals surface area (Å²) >= 11 is 11.3. The van der Waals surface area contributed by atoms with E-state index >= 15 is 0 Å². The topological polar surface area (TPSA) is 55.2 Å². The first-order chi connectivity index (χ1) is 12.2. The molecule has 0 saturated carbocycles. The summed E-state index contributed by atoms with van der Waals surface area (Å²) in [6, 6.07) is 15.1. The lowest BCUT2D eigenvalue weighted by Crippen LogP contribution is -1.93. The fourth-order valence-corrected chi connectivity index (χ4v) is 2.64. The van der Waals surface area contributed by atoms with Gasteiger partial charge in [-0.25, -0.2) is 5.10 Å². The Morgan fingerprint density at radius 3 is 2.88 bits per heavy atom. The number of hydrogen-bond acceptors (Lipinski definition) is 4. The summed E-state index contributed by atoms with van der Waals surface area (Å²) in [4.78, 5) is 0. The molecule has 0 aliphatic heterocycles. The highest BCUT2D eigenvalue weighted by atomic mass is 35.5. The molecule has 25 heavy (non-hydrogen) atoms. The zero-order chi connectivity index (χ0) is 17.6. The van der Waals surface area contributed by atoms with E-state index in [1.54, 1.807) is 24.1 Å². The first-order valence-corrected chi connectivity index (χ1v) is 8.25. The molecule has 0 spiro atoms. The number of allylic oxidation sites excluding steroid dienone is 1. The van der Waals surface area contributed by atoms with E-state index in [0.717, 1.165) is 16.9 Å². The van der Waals surface area contributed by atoms with Crippen LogP contribution in [0.25, 0.3) is 17.5 Å². The molecule has 0 saturated heterocycles. The molecule has 2 aromatic carbocycles. The van der Waals surface area contributed by atoms with Gasteiger partial charge in [-0.05, 0) is 42.6 Å². The van der Waals surface area contributed by atoms with Crippen molar-refractivity contribution in [1.82, 2.24) is 14.9 Å². The molecular weight excluding hydrogens is 356 g/mol. The van der Waals surface area contributed by atoms with Crippen molar-refractivity contribution in [3.05, 3.63) is 70.0 Å². The minimum absolute atomic E-state index is 0.400. The maximum Gasteiger partial charge on any atom is 0.216 e. The van der Waals surface area contributed by atoms with E-state index in [2.05, 4.69) is 15.3 Å². The van der Waals surface area contributed by atoms with Crippen LogP contribution in [0.4, 0.5) is 0 Å². The summed E-state index contributed by atoms with van der Waals surface area (Å²) in [7, 11) is 1.64. The maximum absolute atomic E-state index is 6.04. The number of halogens is 1. The van der Waals surface area contributed by atoms with Crippen LogP contribution in [0.15, 0.2) is 59.7 Å². The minimum Gasteiger partial charge on any atom is -0.496 e. The molecule has 1 N–H and O–H groups in total. The molecule has 0 bridgehead atoms. The first-order valence-electron chi connectivity index (χ1n) is 7.46. The van der Waals surface area contributed by atoms with Crippen molar-refractivity contribution < 1.29 is 4.74 Å². The van der Waals surface area contributed by atoms with Gasteiger partial charge in [0.2, 0.25) is 4.77 Å². The molecule has 7 heteroatoms. The Labute approximate surface area is 155 Å². The number of rotatable bonds is 5. The van der Waals surface area contributed by atoms with E-state index < -0.39 is 0 Å². The molecule has 0 radical (unpaired) electrons. The third-order valence-corrected chi connectivity index (χ3v) is 3.92. The summed E-state index contributed by atoms with van der Waals surface area (Å²) in [6.45, 7) is 0. The van der Waals surface area contributed by atoms with Gasteiger partial charge in [0.05, 0.1) is 7.11 Å². The lowest BCUT2D eigenvalue weighted by atomic mass is 10.2. The fourth-order valence-electron chi connectivity index (χ4n) is 2.27. The standard InChI is InChI=1S/C18H15ClN4OS/c1-24-16-10-3-2-6-13(16)8-5-11-20-23-17(21-22-18(23)25)14-7-4-9-15(19)12-14/h2-12H,1H3,(H,22,25)/b8-5+,20-11+. The van der Waals surface area contributed by atoms with Gasteiger partial charge < -0.3 is 4.74 Å². The van der Waals surface area contributed by atoms with Crippen molar-refractivity contribution in [1.29, 1.82) is 0 Å². The van der Waals surface area contributed by atoms with Crippen molar-refractivity contribution in [3.63, 3.8) is 0 Å². The van der Waals surface area contributed by atoms with Crippen LogP contribution in [0.2, 0.25) is 5.02 Å². The van der Waals surface area contributed by atoms with E-state index in [1.165, 1.54) is 0 Å². The Hall–Kier alpha value is -2.70. The quantitative estimate of drug-likeness (QED) is 0.517. The Bertz CT molecular complexity index is 990. The van der Waals surface area contributed by atoms with Crippen LogP contribution < -0.4 is 4.74 Å². The van der Waals surface area contributed by atoms with E-state index in [0.29, 0.717) is 15.6 Å². The molecule has 0 aliphatic carbocycles. The highest BCUT2D eigenvalue weighted by molar-refractivity contribution is 7.71. The Morgan fingerprint density at radius 1 is 1.24 bits per heavy atom. The van der Waals surface area contributed by atoms with Crippen molar-refractivity contribution in [3.8, 4) is 17.1 Å². The number of aromatic amines is 1. The predicted molar refractivity (Wildman–Crippen MR) is 104 cm³/mol. The van der Waals surface area contributed by atoms with Crippen LogP contribution in [0.5, 0.6) is 5.75 Å². The SMILES string of the molecule is COc1ccccc1/C=C/C=N/n1c(-c2cccc(Cl)c2)n[nH]c1=S. The van der Waals surface area contributed by atoms with Gasteiger partial charge in [0, 0.05) is 22.4 Å². The number of ether oxygens (including phenoxy) is 1. The van der Waals surface area contributed by atoms with Crippen molar-refractivity contribution in [2.24, 2.45) is 5.10 Å². The van der Waals surface area contributed by atoms with E-state index in [4.69, 9.17) is 28.6 Å². The van der Waals surface area contributed by atoms with E-state index in [-0.39, 0.29) is 0 Å². The van der Waals surface area contributed by atoms with Crippen molar-refractivity contribution in [2.45, 2.75) is 0 Å². The van der Waals surface area contributed by atoms with Gasteiger partial charge in [0.25, 0.3) is 0 Å².